The normalized spacial score (nSPS) is 15.6. The van der Waals surface area contributed by atoms with Crippen molar-refractivity contribution in [1.29, 1.82) is 0 Å². The SMILES string of the molecule is FC(F)(F)c1cccc(NC2=NCCN2)c1. The minimum absolute atomic E-state index is 0.378. The van der Waals surface area contributed by atoms with Crippen molar-refractivity contribution in [2.24, 2.45) is 4.99 Å². The molecule has 2 N–H and O–H groups in total. The Morgan fingerprint density at radius 3 is 2.75 bits per heavy atom. The van der Waals surface area contributed by atoms with Gasteiger partial charge in [0.05, 0.1) is 12.1 Å². The topological polar surface area (TPSA) is 36.4 Å². The maximum Gasteiger partial charge on any atom is 0.416 e. The first-order valence-electron chi connectivity index (χ1n) is 4.78. The molecule has 16 heavy (non-hydrogen) atoms. The maximum atomic E-state index is 12.4. The molecule has 2 rings (SSSR count). The predicted octanol–water partition coefficient (Wildman–Crippen LogP) is 2.08. The molecule has 3 nitrogen and oxygen atoms in total. The van der Waals surface area contributed by atoms with Gasteiger partial charge in [-0.05, 0) is 18.2 Å². The Labute approximate surface area is 90.4 Å². The van der Waals surface area contributed by atoms with Crippen LogP contribution in [0.1, 0.15) is 5.56 Å². The number of guanidine groups is 1. The molecule has 0 atom stereocenters. The second kappa shape index (κ2) is 4.03. The van der Waals surface area contributed by atoms with Crippen molar-refractivity contribution in [3.63, 3.8) is 0 Å². The van der Waals surface area contributed by atoms with Crippen LogP contribution in [0.25, 0.3) is 0 Å². The molecule has 0 radical (unpaired) electrons. The summed E-state index contributed by atoms with van der Waals surface area (Å²) in [5, 5.41) is 5.71. The first-order chi connectivity index (χ1) is 7.55. The van der Waals surface area contributed by atoms with Crippen LogP contribution >= 0.6 is 0 Å². The van der Waals surface area contributed by atoms with Crippen molar-refractivity contribution in [3.8, 4) is 0 Å². The standard InChI is InChI=1S/C10H10F3N3/c11-10(12,13)7-2-1-3-8(6-7)16-9-14-4-5-15-9/h1-3,6H,4-5H2,(H2,14,15,16). The summed E-state index contributed by atoms with van der Waals surface area (Å²) in [6.45, 7) is 1.35. The van der Waals surface area contributed by atoms with Crippen molar-refractivity contribution in [1.82, 2.24) is 5.32 Å². The summed E-state index contributed by atoms with van der Waals surface area (Å²) in [4.78, 5) is 4.04. The van der Waals surface area contributed by atoms with E-state index in [1.165, 1.54) is 6.07 Å². The van der Waals surface area contributed by atoms with Crippen LogP contribution < -0.4 is 10.6 Å². The van der Waals surface area contributed by atoms with Crippen molar-refractivity contribution in [3.05, 3.63) is 29.8 Å². The molecule has 0 spiro atoms. The summed E-state index contributed by atoms with van der Waals surface area (Å²) in [5.74, 6) is 0.513. The second-order valence-electron chi connectivity index (χ2n) is 3.36. The number of aliphatic imine (C=N–C) groups is 1. The summed E-state index contributed by atoms with van der Waals surface area (Å²) in [6, 6.07) is 5.02. The lowest BCUT2D eigenvalue weighted by molar-refractivity contribution is -0.137. The van der Waals surface area contributed by atoms with Gasteiger partial charge in [0, 0.05) is 12.2 Å². The van der Waals surface area contributed by atoms with Gasteiger partial charge < -0.3 is 10.6 Å². The lowest BCUT2D eigenvalue weighted by Gasteiger charge is -2.10. The number of benzene rings is 1. The number of nitrogens with one attached hydrogen (secondary N) is 2. The minimum atomic E-state index is -4.32. The highest BCUT2D eigenvalue weighted by molar-refractivity contribution is 5.94. The van der Waals surface area contributed by atoms with E-state index in [-0.39, 0.29) is 0 Å². The zero-order chi connectivity index (χ0) is 11.6. The van der Waals surface area contributed by atoms with E-state index in [2.05, 4.69) is 15.6 Å². The minimum Gasteiger partial charge on any atom is -0.354 e. The molecule has 86 valence electrons. The number of rotatable bonds is 1. The number of halogens is 3. The predicted molar refractivity (Wildman–Crippen MR) is 55.4 cm³/mol. The summed E-state index contributed by atoms with van der Waals surface area (Å²) >= 11 is 0. The van der Waals surface area contributed by atoms with Crippen LogP contribution in [-0.4, -0.2) is 19.0 Å². The average Bonchev–Trinajstić information content (AvgIpc) is 2.70. The molecule has 0 fully saturated rings. The van der Waals surface area contributed by atoms with Crippen LogP contribution in [0.3, 0.4) is 0 Å². The van der Waals surface area contributed by atoms with E-state index in [1.54, 1.807) is 6.07 Å². The van der Waals surface area contributed by atoms with E-state index < -0.39 is 11.7 Å². The Bertz CT molecular complexity index is 412. The monoisotopic (exact) mass is 229 g/mol. The third-order valence-corrected chi connectivity index (χ3v) is 2.13. The number of nitrogens with zero attached hydrogens (tertiary/aromatic N) is 1. The van der Waals surface area contributed by atoms with Crippen molar-refractivity contribution >= 4 is 11.6 Å². The average molecular weight is 229 g/mol. The molecule has 0 amide bonds. The highest BCUT2D eigenvalue weighted by atomic mass is 19.4. The van der Waals surface area contributed by atoms with Gasteiger partial charge >= 0.3 is 6.18 Å². The van der Waals surface area contributed by atoms with Gasteiger partial charge in [-0.25, -0.2) is 0 Å². The van der Waals surface area contributed by atoms with Gasteiger partial charge in [0.15, 0.2) is 5.96 Å². The van der Waals surface area contributed by atoms with Gasteiger partial charge in [-0.1, -0.05) is 6.07 Å². The van der Waals surface area contributed by atoms with Gasteiger partial charge in [0.25, 0.3) is 0 Å². The molecule has 0 unspecified atom stereocenters. The Morgan fingerprint density at radius 1 is 1.31 bits per heavy atom. The van der Waals surface area contributed by atoms with Gasteiger partial charge in [-0.15, -0.1) is 0 Å². The van der Waals surface area contributed by atoms with E-state index in [0.29, 0.717) is 24.7 Å². The number of alkyl halides is 3. The van der Waals surface area contributed by atoms with E-state index in [9.17, 15) is 13.2 Å². The largest absolute Gasteiger partial charge is 0.416 e. The lowest BCUT2D eigenvalue weighted by Crippen LogP contribution is -2.26. The zero-order valence-electron chi connectivity index (χ0n) is 8.30. The summed E-state index contributed by atoms with van der Waals surface area (Å²) in [5.41, 5.74) is -0.293. The van der Waals surface area contributed by atoms with E-state index in [1.807, 2.05) is 0 Å². The first-order valence-corrected chi connectivity index (χ1v) is 4.78. The fourth-order valence-corrected chi connectivity index (χ4v) is 1.39. The van der Waals surface area contributed by atoms with Crippen molar-refractivity contribution < 1.29 is 13.2 Å². The Balaban J connectivity index is 2.16. The van der Waals surface area contributed by atoms with E-state index >= 15 is 0 Å². The smallest absolute Gasteiger partial charge is 0.354 e. The number of anilines is 1. The van der Waals surface area contributed by atoms with Gasteiger partial charge in [-0.2, -0.15) is 13.2 Å². The van der Waals surface area contributed by atoms with Crippen LogP contribution in [0, 0.1) is 0 Å². The molecule has 1 heterocycles. The van der Waals surface area contributed by atoms with Gasteiger partial charge in [0.1, 0.15) is 0 Å². The second-order valence-corrected chi connectivity index (χ2v) is 3.36. The van der Waals surface area contributed by atoms with E-state index in [0.717, 1.165) is 12.1 Å². The molecule has 1 aliphatic rings. The number of hydrogen-bond acceptors (Lipinski definition) is 3. The highest BCUT2D eigenvalue weighted by Crippen LogP contribution is 2.30. The molecule has 1 aromatic rings. The van der Waals surface area contributed by atoms with Crippen molar-refractivity contribution in [2.75, 3.05) is 18.4 Å². The van der Waals surface area contributed by atoms with Crippen LogP contribution in [0.15, 0.2) is 29.3 Å². The van der Waals surface area contributed by atoms with Gasteiger partial charge in [-0.3, -0.25) is 4.99 Å². The molecule has 0 bridgehead atoms. The third kappa shape index (κ3) is 2.44. The Morgan fingerprint density at radius 2 is 2.12 bits per heavy atom. The first kappa shape index (κ1) is 10.8. The maximum absolute atomic E-state index is 12.4. The summed E-state index contributed by atoms with van der Waals surface area (Å²) < 4.78 is 37.2. The molecule has 0 aromatic heterocycles. The molecule has 1 aromatic carbocycles. The fraction of sp³-hybridized carbons (Fsp3) is 0.300. The molecular formula is C10H10F3N3. The van der Waals surface area contributed by atoms with Crippen molar-refractivity contribution in [2.45, 2.75) is 6.18 Å². The Kier molecular flexibility index (Phi) is 2.72. The van der Waals surface area contributed by atoms with Crippen LogP contribution in [0.4, 0.5) is 18.9 Å². The van der Waals surface area contributed by atoms with Crippen LogP contribution in [0.2, 0.25) is 0 Å². The van der Waals surface area contributed by atoms with Crippen LogP contribution in [0.5, 0.6) is 0 Å². The lowest BCUT2D eigenvalue weighted by atomic mass is 10.2. The van der Waals surface area contributed by atoms with Gasteiger partial charge in [0.2, 0.25) is 0 Å². The van der Waals surface area contributed by atoms with E-state index in [4.69, 9.17) is 0 Å². The highest BCUT2D eigenvalue weighted by Gasteiger charge is 2.30. The Hall–Kier alpha value is -1.72. The third-order valence-electron chi connectivity index (χ3n) is 2.13. The summed E-state index contributed by atoms with van der Waals surface area (Å²) in [6.07, 6.45) is -4.32. The van der Waals surface area contributed by atoms with Crippen LogP contribution in [-0.2, 0) is 6.18 Å². The molecule has 0 saturated heterocycles. The molecular weight excluding hydrogens is 219 g/mol. The molecule has 0 saturated carbocycles. The molecule has 0 aliphatic carbocycles. The molecule has 6 heteroatoms. The fourth-order valence-electron chi connectivity index (χ4n) is 1.39. The molecule has 1 aliphatic heterocycles. The quantitative estimate of drug-likeness (QED) is 0.773. The zero-order valence-corrected chi connectivity index (χ0v) is 8.30. The summed E-state index contributed by atoms with van der Waals surface area (Å²) in [7, 11) is 0. The number of hydrogen-bond donors (Lipinski definition) is 2.